The first-order valence-electron chi connectivity index (χ1n) is 9.48. The lowest BCUT2D eigenvalue weighted by Crippen LogP contribution is -2.29. The van der Waals surface area contributed by atoms with E-state index in [1.807, 2.05) is 12.1 Å². The van der Waals surface area contributed by atoms with Crippen LogP contribution in [-0.2, 0) is 9.53 Å². The topological polar surface area (TPSA) is 84.9 Å². The number of hydrogen-bond donors (Lipinski definition) is 2. The lowest BCUT2D eigenvalue weighted by atomic mass is 9.79. The normalized spacial score (nSPS) is 17.5. The third-order valence-electron chi connectivity index (χ3n) is 5.34. The molecule has 2 aliphatic rings. The number of carbonyl (C=O) groups excluding carboxylic acids is 2. The molecule has 30 heavy (non-hydrogen) atoms. The molecule has 2 N–H and O–H groups in total. The van der Waals surface area contributed by atoms with Crippen molar-refractivity contribution in [3.63, 3.8) is 0 Å². The molecule has 4 rings (SSSR count). The van der Waals surface area contributed by atoms with Crippen molar-refractivity contribution in [1.82, 2.24) is 5.32 Å². The largest absolute Gasteiger partial charge is 0.503 e. The summed E-state index contributed by atoms with van der Waals surface area (Å²) in [5.74, 6) is -1.46. The number of phenols is 1. The minimum Gasteiger partial charge on any atom is -0.503 e. The maximum absolute atomic E-state index is 13.4. The molecule has 6 nitrogen and oxygen atoms in total. The van der Waals surface area contributed by atoms with E-state index < -0.39 is 11.9 Å². The summed E-state index contributed by atoms with van der Waals surface area (Å²) in [7, 11) is 1.30. The van der Waals surface area contributed by atoms with Crippen LogP contribution in [0.2, 0.25) is 5.02 Å². The molecule has 7 heteroatoms. The molecule has 0 bridgehead atoms. The number of fused-ring (bicyclic) bond motifs is 2. The summed E-state index contributed by atoms with van der Waals surface area (Å²) < 4.78 is 10.5. The van der Waals surface area contributed by atoms with Gasteiger partial charge < -0.3 is 19.9 Å². The van der Waals surface area contributed by atoms with Crippen molar-refractivity contribution in [2.24, 2.45) is 0 Å². The van der Waals surface area contributed by atoms with Crippen LogP contribution >= 0.6 is 11.6 Å². The fourth-order valence-electron chi connectivity index (χ4n) is 4.07. The summed E-state index contributed by atoms with van der Waals surface area (Å²) >= 11 is 6.26. The number of esters is 1. The SMILES string of the molecule is CCOc1cc(C2C(C(=O)OC)=C(C)NC3=C2C(=O)c2ccccc23)cc(Cl)c1O. The van der Waals surface area contributed by atoms with Crippen molar-refractivity contribution in [2.75, 3.05) is 13.7 Å². The van der Waals surface area contributed by atoms with Crippen LogP contribution in [0.25, 0.3) is 5.70 Å². The minimum atomic E-state index is -0.731. The Bertz CT molecular complexity index is 1150. The molecule has 0 radical (unpaired) electrons. The molecule has 2 aromatic rings. The second kappa shape index (κ2) is 7.54. The number of aromatic hydroxyl groups is 1. The zero-order chi connectivity index (χ0) is 21.6. The number of benzene rings is 2. The number of phenolic OH excluding ortho intramolecular Hbond substituents is 1. The zero-order valence-electron chi connectivity index (χ0n) is 16.7. The molecule has 1 aliphatic heterocycles. The maximum atomic E-state index is 13.4. The smallest absolute Gasteiger partial charge is 0.336 e. The number of allylic oxidation sites excluding steroid dienone is 2. The number of hydrogen-bond acceptors (Lipinski definition) is 6. The van der Waals surface area contributed by atoms with Crippen LogP contribution < -0.4 is 10.1 Å². The minimum absolute atomic E-state index is 0.0708. The molecule has 0 spiro atoms. The van der Waals surface area contributed by atoms with Crippen LogP contribution in [0, 0.1) is 0 Å². The summed E-state index contributed by atoms with van der Waals surface area (Å²) in [4.78, 5) is 26.1. The number of methoxy groups -OCH3 is 1. The number of ether oxygens (including phenoxy) is 2. The Labute approximate surface area is 178 Å². The fraction of sp³-hybridized carbons (Fsp3) is 0.217. The Balaban J connectivity index is 1.97. The van der Waals surface area contributed by atoms with Gasteiger partial charge in [-0.15, -0.1) is 0 Å². The summed E-state index contributed by atoms with van der Waals surface area (Å²) in [5, 5.41) is 13.5. The first-order valence-corrected chi connectivity index (χ1v) is 9.86. The summed E-state index contributed by atoms with van der Waals surface area (Å²) in [5.41, 5.74) is 3.88. The molecule has 1 unspecified atom stereocenters. The van der Waals surface area contributed by atoms with Gasteiger partial charge in [-0.25, -0.2) is 4.79 Å². The highest BCUT2D eigenvalue weighted by Gasteiger charge is 2.43. The van der Waals surface area contributed by atoms with E-state index in [0.717, 1.165) is 5.56 Å². The van der Waals surface area contributed by atoms with E-state index in [0.29, 0.717) is 40.3 Å². The fourth-order valence-corrected chi connectivity index (χ4v) is 4.29. The molecule has 154 valence electrons. The monoisotopic (exact) mass is 425 g/mol. The highest BCUT2D eigenvalue weighted by molar-refractivity contribution is 6.32. The van der Waals surface area contributed by atoms with Crippen LogP contribution in [-0.4, -0.2) is 30.6 Å². The highest BCUT2D eigenvalue weighted by Crippen LogP contribution is 2.49. The van der Waals surface area contributed by atoms with Crippen molar-refractivity contribution in [3.8, 4) is 11.5 Å². The van der Waals surface area contributed by atoms with Crippen molar-refractivity contribution >= 4 is 29.1 Å². The third-order valence-corrected chi connectivity index (χ3v) is 5.63. The van der Waals surface area contributed by atoms with E-state index in [1.165, 1.54) is 7.11 Å². The number of carbonyl (C=O) groups is 2. The Morgan fingerprint density at radius 2 is 1.93 bits per heavy atom. The second-order valence-corrected chi connectivity index (χ2v) is 7.44. The number of halogens is 1. The van der Waals surface area contributed by atoms with Crippen LogP contribution in [0.4, 0.5) is 0 Å². The summed E-state index contributed by atoms with van der Waals surface area (Å²) in [6, 6.07) is 10.4. The van der Waals surface area contributed by atoms with E-state index in [1.54, 1.807) is 38.1 Å². The van der Waals surface area contributed by atoms with Crippen molar-refractivity contribution in [1.29, 1.82) is 0 Å². The molecule has 0 amide bonds. The summed E-state index contributed by atoms with van der Waals surface area (Å²) in [6.45, 7) is 3.86. The van der Waals surface area contributed by atoms with Gasteiger partial charge in [0.05, 0.1) is 30.0 Å². The lowest BCUT2D eigenvalue weighted by Gasteiger charge is -2.29. The number of Topliss-reactive ketones (excluding diaryl/α,β-unsaturated/α-hetero) is 1. The number of dihydropyridines is 1. The summed E-state index contributed by atoms with van der Waals surface area (Å²) in [6.07, 6.45) is 0. The predicted octanol–water partition coefficient (Wildman–Crippen LogP) is 4.19. The van der Waals surface area contributed by atoms with Gasteiger partial charge in [0.15, 0.2) is 17.3 Å². The molecular formula is C23H20ClNO5. The van der Waals surface area contributed by atoms with E-state index in [2.05, 4.69) is 5.32 Å². The van der Waals surface area contributed by atoms with Crippen LogP contribution in [0.15, 0.2) is 53.2 Å². The standard InChI is InChI=1S/C23H20ClNO5/c1-4-30-16-10-12(9-15(24)22(16)27)18-17(23(28)29-3)11(2)25-20-13-7-5-6-8-14(13)21(26)19(18)20/h5-10,18,25,27H,4H2,1-3H3. The van der Waals surface area contributed by atoms with Crippen LogP contribution in [0.3, 0.4) is 0 Å². The molecule has 0 aromatic heterocycles. The van der Waals surface area contributed by atoms with Gasteiger partial charge in [-0.2, -0.15) is 0 Å². The Morgan fingerprint density at radius 1 is 1.23 bits per heavy atom. The Hall–Kier alpha value is -3.25. The van der Waals surface area contributed by atoms with Gasteiger partial charge in [0, 0.05) is 28.3 Å². The van der Waals surface area contributed by atoms with Crippen LogP contribution in [0.5, 0.6) is 11.5 Å². The van der Waals surface area contributed by atoms with Gasteiger partial charge in [0.1, 0.15) is 0 Å². The van der Waals surface area contributed by atoms with Crippen molar-refractivity contribution in [2.45, 2.75) is 19.8 Å². The highest BCUT2D eigenvalue weighted by atomic mass is 35.5. The van der Waals surface area contributed by atoms with Gasteiger partial charge >= 0.3 is 5.97 Å². The maximum Gasteiger partial charge on any atom is 0.336 e. The van der Waals surface area contributed by atoms with Gasteiger partial charge in [-0.1, -0.05) is 35.9 Å². The zero-order valence-corrected chi connectivity index (χ0v) is 17.5. The number of ketones is 1. The van der Waals surface area contributed by atoms with Gasteiger partial charge in [-0.05, 0) is 31.5 Å². The number of rotatable bonds is 4. The predicted molar refractivity (Wildman–Crippen MR) is 113 cm³/mol. The molecular weight excluding hydrogens is 406 g/mol. The molecule has 1 aliphatic carbocycles. The Morgan fingerprint density at radius 3 is 2.60 bits per heavy atom. The molecule has 0 saturated carbocycles. The first kappa shape index (κ1) is 20.0. The van der Waals surface area contributed by atoms with E-state index in [4.69, 9.17) is 21.1 Å². The Kier molecular flexibility index (Phi) is 5.03. The van der Waals surface area contributed by atoms with Gasteiger partial charge in [-0.3, -0.25) is 4.79 Å². The van der Waals surface area contributed by atoms with Gasteiger partial charge in [0.25, 0.3) is 0 Å². The third kappa shape index (κ3) is 2.95. The van der Waals surface area contributed by atoms with Crippen molar-refractivity contribution < 1.29 is 24.2 Å². The molecule has 0 fully saturated rings. The van der Waals surface area contributed by atoms with E-state index >= 15 is 0 Å². The van der Waals surface area contributed by atoms with E-state index in [9.17, 15) is 14.7 Å². The average Bonchev–Trinajstić information content (AvgIpc) is 3.02. The first-order chi connectivity index (χ1) is 14.4. The average molecular weight is 426 g/mol. The second-order valence-electron chi connectivity index (χ2n) is 7.03. The van der Waals surface area contributed by atoms with E-state index in [-0.39, 0.29) is 22.3 Å². The van der Waals surface area contributed by atoms with Crippen LogP contribution in [0.1, 0.15) is 41.3 Å². The molecule has 0 saturated heterocycles. The molecule has 1 atom stereocenters. The molecule has 2 aromatic carbocycles. The number of nitrogens with one attached hydrogen (secondary N) is 1. The van der Waals surface area contributed by atoms with Crippen molar-refractivity contribution in [3.05, 3.63) is 75.0 Å². The lowest BCUT2D eigenvalue weighted by molar-refractivity contribution is -0.136. The molecule has 1 heterocycles. The quantitative estimate of drug-likeness (QED) is 0.714. The van der Waals surface area contributed by atoms with Gasteiger partial charge in [0.2, 0.25) is 0 Å².